The van der Waals surface area contributed by atoms with Gasteiger partial charge in [0, 0.05) is 12.0 Å². The van der Waals surface area contributed by atoms with Gasteiger partial charge in [-0.15, -0.1) is 11.3 Å². The monoisotopic (exact) mass is 364 g/mol. The molecule has 8 heteroatoms. The average molecular weight is 365 g/mol. The molecule has 1 amide bonds. The number of aliphatic hydroxyl groups excluding tert-OH is 1. The van der Waals surface area contributed by atoms with E-state index in [4.69, 9.17) is 4.74 Å². The van der Waals surface area contributed by atoms with Gasteiger partial charge in [0.15, 0.2) is 0 Å². The van der Waals surface area contributed by atoms with Gasteiger partial charge in [-0.2, -0.15) is 0 Å². The molecule has 1 aliphatic heterocycles. The normalized spacial score (nSPS) is 30.1. The third-order valence-electron chi connectivity index (χ3n) is 3.57. The number of halogens is 1. The minimum absolute atomic E-state index is 0.00693. The summed E-state index contributed by atoms with van der Waals surface area (Å²) in [5.41, 5.74) is -0.891. The minimum Gasteiger partial charge on any atom is -0.465 e. The fraction of sp³-hybridized carbons (Fsp3) is 0.667. The van der Waals surface area contributed by atoms with Crippen molar-refractivity contribution in [3.63, 3.8) is 0 Å². The van der Waals surface area contributed by atoms with Crippen LogP contribution in [0.5, 0.6) is 0 Å². The Bertz CT molecular complexity index is 484. The molecular formula is C12H17BrN2O4S. The maximum absolute atomic E-state index is 11.2. The van der Waals surface area contributed by atoms with Gasteiger partial charge in [-0.1, -0.05) is 0 Å². The molecule has 20 heavy (non-hydrogen) atoms. The fourth-order valence-electron chi connectivity index (χ4n) is 2.66. The summed E-state index contributed by atoms with van der Waals surface area (Å²) in [6.45, 7) is 2.19. The van der Waals surface area contributed by atoms with Crippen LogP contribution in [0.3, 0.4) is 0 Å². The van der Waals surface area contributed by atoms with Crippen molar-refractivity contribution >= 4 is 33.4 Å². The molecule has 3 N–H and O–H groups in total. The number of rotatable bonds is 4. The predicted octanol–water partition coefficient (Wildman–Crippen LogP) is 2.18. The third-order valence-corrected chi connectivity index (χ3v) is 5.30. The van der Waals surface area contributed by atoms with Crippen LogP contribution in [0.1, 0.15) is 24.8 Å². The molecule has 0 radical (unpaired) electrons. The van der Waals surface area contributed by atoms with Crippen LogP contribution in [0.15, 0.2) is 9.98 Å². The van der Waals surface area contributed by atoms with Gasteiger partial charge in [0.1, 0.15) is 15.1 Å². The molecule has 0 unspecified atom stereocenters. The van der Waals surface area contributed by atoms with Crippen molar-refractivity contribution in [1.29, 1.82) is 0 Å². The van der Waals surface area contributed by atoms with Gasteiger partial charge >= 0.3 is 6.09 Å². The van der Waals surface area contributed by atoms with Crippen LogP contribution in [0.4, 0.5) is 4.79 Å². The molecule has 2 heterocycles. The maximum Gasteiger partial charge on any atom is 0.405 e. The van der Waals surface area contributed by atoms with Crippen molar-refractivity contribution in [2.75, 3.05) is 13.2 Å². The van der Waals surface area contributed by atoms with Crippen molar-refractivity contribution in [1.82, 2.24) is 10.3 Å². The summed E-state index contributed by atoms with van der Waals surface area (Å²) in [5.74, 6) is -0.0506. The fourth-order valence-corrected chi connectivity index (χ4v) is 4.13. The highest BCUT2D eigenvalue weighted by Crippen LogP contribution is 2.41. The zero-order valence-corrected chi connectivity index (χ0v) is 13.4. The molecule has 0 spiro atoms. The number of carboxylic acid groups (broad SMARTS) is 1. The average Bonchev–Trinajstić information content (AvgIpc) is 2.80. The van der Waals surface area contributed by atoms with E-state index in [0.717, 1.165) is 0 Å². The maximum atomic E-state index is 11.2. The Labute approximate surface area is 129 Å². The van der Waals surface area contributed by atoms with Crippen molar-refractivity contribution in [3.05, 3.63) is 15.0 Å². The highest BCUT2D eigenvalue weighted by atomic mass is 79.9. The van der Waals surface area contributed by atoms with E-state index in [9.17, 15) is 15.0 Å². The Morgan fingerprint density at radius 3 is 3.05 bits per heavy atom. The number of nitrogens with one attached hydrogen (secondary N) is 1. The molecule has 0 bridgehead atoms. The zero-order chi connectivity index (χ0) is 14.8. The second-order valence-electron chi connectivity index (χ2n) is 4.94. The Morgan fingerprint density at radius 1 is 1.75 bits per heavy atom. The van der Waals surface area contributed by atoms with E-state index in [0.29, 0.717) is 22.5 Å². The summed E-state index contributed by atoms with van der Waals surface area (Å²) < 4.78 is 6.35. The van der Waals surface area contributed by atoms with E-state index >= 15 is 0 Å². The van der Waals surface area contributed by atoms with Crippen LogP contribution in [0.25, 0.3) is 0 Å². The van der Waals surface area contributed by atoms with E-state index in [-0.39, 0.29) is 25.2 Å². The molecule has 2 rings (SSSR count). The Hall–Kier alpha value is -0.700. The predicted molar refractivity (Wildman–Crippen MR) is 77.9 cm³/mol. The van der Waals surface area contributed by atoms with Crippen LogP contribution in [-0.4, -0.2) is 40.6 Å². The summed E-state index contributed by atoms with van der Waals surface area (Å²) in [6, 6.07) is 0. The topological polar surface area (TPSA) is 91.7 Å². The van der Waals surface area contributed by atoms with E-state index in [2.05, 4.69) is 26.2 Å². The number of hydrogen-bond acceptors (Lipinski definition) is 5. The van der Waals surface area contributed by atoms with Crippen LogP contribution < -0.4 is 5.32 Å². The molecule has 1 aromatic rings. The summed E-state index contributed by atoms with van der Waals surface area (Å²) in [4.78, 5) is 15.6. The number of aromatic nitrogens is 1. The first-order valence-corrected chi connectivity index (χ1v) is 8.00. The van der Waals surface area contributed by atoms with Crippen molar-refractivity contribution < 1.29 is 19.7 Å². The van der Waals surface area contributed by atoms with Gasteiger partial charge in [-0.25, -0.2) is 9.78 Å². The molecule has 1 fully saturated rings. The molecule has 0 aliphatic carbocycles. The van der Waals surface area contributed by atoms with Gasteiger partial charge in [-0.3, -0.25) is 0 Å². The van der Waals surface area contributed by atoms with Crippen molar-refractivity contribution in [2.24, 2.45) is 5.92 Å². The number of aliphatic hydroxyl groups is 1. The van der Waals surface area contributed by atoms with Gasteiger partial charge in [0.2, 0.25) is 0 Å². The lowest BCUT2D eigenvalue weighted by Crippen LogP contribution is -2.57. The second kappa shape index (κ2) is 6.38. The van der Waals surface area contributed by atoms with Gasteiger partial charge in [0.05, 0.1) is 12.7 Å². The van der Waals surface area contributed by atoms with Crippen molar-refractivity contribution in [3.8, 4) is 0 Å². The van der Waals surface area contributed by atoms with Gasteiger partial charge in [-0.05, 0) is 41.6 Å². The standard InChI is InChI=1S/C12H17BrN2O4S/c1-7-4-8(2-3-16)12(6-19-7,15-11(17)18)10-14-9(13)5-20-10/h5,7-8,15-16H,2-4,6H2,1H3,(H,17,18)/t7-,8+,12-/m0/s1. The number of nitrogens with zero attached hydrogens (tertiary/aromatic N) is 1. The molecule has 112 valence electrons. The first kappa shape index (κ1) is 15.7. The second-order valence-corrected chi connectivity index (χ2v) is 6.61. The van der Waals surface area contributed by atoms with E-state index in [1.807, 2.05) is 12.3 Å². The molecule has 6 nitrogen and oxygen atoms in total. The highest BCUT2D eigenvalue weighted by molar-refractivity contribution is 9.10. The van der Waals surface area contributed by atoms with Crippen LogP contribution in [0.2, 0.25) is 0 Å². The zero-order valence-electron chi connectivity index (χ0n) is 11.0. The molecular weight excluding hydrogens is 348 g/mol. The molecule has 3 atom stereocenters. The number of amides is 1. The van der Waals surface area contributed by atoms with Crippen LogP contribution in [-0.2, 0) is 10.3 Å². The first-order valence-electron chi connectivity index (χ1n) is 6.33. The first-order chi connectivity index (χ1) is 9.48. The molecule has 1 saturated heterocycles. The molecule has 1 aliphatic rings. The largest absolute Gasteiger partial charge is 0.465 e. The lowest BCUT2D eigenvalue weighted by Gasteiger charge is -2.44. The third kappa shape index (κ3) is 3.13. The lowest BCUT2D eigenvalue weighted by molar-refractivity contribution is -0.0709. The van der Waals surface area contributed by atoms with Gasteiger partial charge in [0.25, 0.3) is 0 Å². The number of ether oxygens (including phenoxy) is 1. The quantitative estimate of drug-likeness (QED) is 0.761. The van der Waals surface area contributed by atoms with Crippen LogP contribution >= 0.6 is 27.3 Å². The highest BCUT2D eigenvalue weighted by Gasteiger charge is 2.48. The summed E-state index contributed by atoms with van der Waals surface area (Å²) in [7, 11) is 0. The Balaban J connectivity index is 2.40. The summed E-state index contributed by atoms with van der Waals surface area (Å²) in [5, 5.41) is 23.5. The Kier molecular flexibility index (Phi) is 5.00. The summed E-state index contributed by atoms with van der Waals surface area (Å²) in [6.07, 6.45) is 0.111. The van der Waals surface area contributed by atoms with E-state index < -0.39 is 11.6 Å². The van der Waals surface area contributed by atoms with Crippen molar-refractivity contribution in [2.45, 2.75) is 31.4 Å². The smallest absolute Gasteiger partial charge is 0.405 e. The minimum atomic E-state index is -1.11. The van der Waals surface area contributed by atoms with E-state index in [1.165, 1.54) is 11.3 Å². The number of hydrogen-bond donors (Lipinski definition) is 3. The Morgan fingerprint density at radius 2 is 2.50 bits per heavy atom. The summed E-state index contributed by atoms with van der Waals surface area (Å²) >= 11 is 4.68. The van der Waals surface area contributed by atoms with Gasteiger partial charge < -0.3 is 20.3 Å². The number of thiazole rings is 1. The van der Waals surface area contributed by atoms with Crippen LogP contribution in [0, 0.1) is 5.92 Å². The molecule has 1 aromatic heterocycles. The lowest BCUT2D eigenvalue weighted by atomic mass is 9.77. The molecule has 0 aromatic carbocycles. The molecule has 0 saturated carbocycles. The number of carbonyl (C=O) groups is 1. The SMILES string of the molecule is C[C@H]1C[C@@H](CCO)[C@](NC(=O)O)(c2nc(Br)cs2)CO1. The van der Waals surface area contributed by atoms with E-state index in [1.54, 1.807) is 0 Å².